The fourth-order valence-corrected chi connectivity index (χ4v) is 3.01. The minimum absolute atomic E-state index is 0.104. The van der Waals surface area contributed by atoms with Crippen LogP contribution < -0.4 is 16.2 Å². The number of fused-ring (bicyclic) bond motifs is 1. The van der Waals surface area contributed by atoms with E-state index in [1.54, 1.807) is 56.3 Å². The van der Waals surface area contributed by atoms with E-state index in [9.17, 15) is 19.2 Å². The van der Waals surface area contributed by atoms with Gasteiger partial charge in [-0.3, -0.25) is 14.4 Å². The molecule has 0 saturated carbocycles. The van der Waals surface area contributed by atoms with Gasteiger partial charge in [0.15, 0.2) is 0 Å². The lowest BCUT2D eigenvalue weighted by Crippen LogP contribution is -2.42. The number of amides is 2. The molecule has 2 amide bonds. The fourth-order valence-electron chi connectivity index (χ4n) is 3.01. The van der Waals surface area contributed by atoms with Crippen molar-refractivity contribution in [1.82, 2.24) is 15.5 Å². The molecule has 0 fully saturated rings. The van der Waals surface area contributed by atoms with Crippen LogP contribution in [0.1, 0.15) is 29.9 Å². The molecule has 0 bridgehead atoms. The Bertz CT molecular complexity index is 1190. The summed E-state index contributed by atoms with van der Waals surface area (Å²) in [6, 6.07) is 12.3. The number of anilines is 1. The standard InChI is InChI=1S/C22H22N4O5/c1-3-31-22(30)14-7-6-8-15(11-14)24-20(28)13(2)23-19(27)12-18-16-9-4-5-10-17(16)21(29)26-25-18/h4-11,13H,3,12H2,1-2H3,(H,23,27)(H,24,28)(H,26,29)/t13-/m0/s1. The number of aromatic nitrogens is 2. The summed E-state index contributed by atoms with van der Waals surface area (Å²) < 4.78 is 4.95. The van der Waals surface area contributed by atoms with E-state index in [0.29, 0.717) is 27.7 Å². The molecule has 0 spiro atoms. The highest BCUT2D eigenvalue weighted by Crippen LogP contribution is 2.14. The van der Waals surface area contributed by atoms with Crippen LogP contribution in [0.4, 0.5) is 5.69 Å². The topological polar surface area (TPSA) is 130 Å². The van der Waals surface area contributed by atoms with Crippen LogP contribution in [0.5, 0.6) is 0 Å². The highest BCUT2D eigenvalue weighted by Gasteiger charge is 2.18. The first kappa shape index (κ1) is 21.7. The molecule has 0 unspecified atom stereocenters. The van der Waals surface area contributed by atoms with Gasteiger partial charge in [-0.25, -0.2) is 9.89 Å². The zero-order valence-corrected chi connectivity index (χ0v) is 17.1. The Kier molecular flexibility index (Phi) is 6.76. The smallest absolute Gasteiger partial charge is 0.338 e. The quantitative estimate of drug-likeness (QED) is 0.498. The van der Waals surface area contributed by atoms with Gasteiger partial charge in [0, 0.05) is 11.1 Å². The van der Waals surface area contributed by atoms with Crippen molar-refractivity contribution in [2.75, 3.05) is 11.9 Å². The van der Waals surface area contributed by atoms with E-state index >= 15 is 0 Å². The first-order valence-electron chi connectivity index (χ1n) is 9.72. The summed E-state index contributed by atoms with van der Waals surface area (Å²) >= 11 is 0. The van der Waals surface area contributed by atoms with Crippen LogP contribution in [-0.4, -0.2) is 40.6 Å². The van der Waals surface area contributed by atoms with Crippen LogP contribution >= 0.6 is 0 Å². The second kappa shape index (κ2) is 9.66. The van der Waals surface area contributed by atoms with Gasteiger partial charge in [-0.1, -0.05) is 24.3 Å². The molecular weight excluding hydrogens is 400 g/mol. The molecule has 0 radical (unpaired) electrons. The number of benzene rings is 2. The first-order chi connectivity index (χ1) is 14.9. The molecule has 3 N–H and O–H groups in total. The summed E-state index contributed by atoms with van der Waals surface area (Å²) in [5.41, 5.74) is 0.789. The van der Waals surface area contributed by atoms with Crippen LogP contribution in [0.3, 0.4) is 0 Å². The number of hydrogen-bond acceptors (Lipinski definition) is 6. The van der Waals surface area contributed by atoms with E-state index in [1.165, 1.54) is 6.07 Å². The SMILES string of the molecule is CCOC(=O)c1cccc(NC(=O)[C@H](C)NC(=O)Cc2n[nH]c(=O)c3ccccc23)c1. The Labute approximate surface area is 177 Å². The Balaban J connectivity index is 1.63. The first-order valence-corrected chi connectivity index (χ1v) is 9.72. The number of carbonyl (C=O) groups is 3. The second-order valence-corrected chi connectivity index (χ2v) is 6.80. The lowest BCUT2D eigenvalue weighted by Gasteiger charge is -2.15. The van der Waals surface area contributed by atoms with E-state index in [1.807, 2.05) is 0 Å². The number of H-pyrrole nitrogens is 1. The average Bonchev–Trinajstić information content (AvgIpc) is 2.76. The van der Waals surface area contributed by atoms with Crippen molar-refractivity contribution < 1.29 is 19.1 Å². The van der Waals surface area contributed by atoms with Crippen molar-refractivity contribution in [3.05, 3.63) is 70.1 Å². The van der Waals surface area contributed by atoms with E-state index in [4.69, 9.17) is 4.74 Å². The maximum Gasteiger partial charge on any atom is 0.338 e. The summed E-state index contributed by atoms with van der Waals surface area (Å²) in [7, 11) is 0. The minimum atomic E-state index is -0.840. The predicted molar refractivity (Wildman–Crippen MR) is 115 cm³/mol. The van der Waals surface area contributed by atoms with Gasteiger partial charge in [0.2, 0.25) is 11.8 Å². The average molecular weight is 422 g/mol. The molecule has 0 saturated heterocycles. The molecule has 0 aliphatic carbocycles. The van der Waals surface area contributed by atoms with Gasteiger partial charge in [-0.05, 0) is 38.1 Å². The third-order valence-corrected chi connectivity index (χ3v) is 4.52. The molecule has 1 atom stereocenters. The van der Waals surface area contributed by atoms with Crippen LogP contribution in [0.15, 0.2) is 53.3 Å². The summed E-state index contributed by atoms with van der Waals surface area (Å²) in [5, 5.41) is 12.6. The number of esters is 1. The molecule has 3 aromatic rings. The van der Waals surface area contributed by atoms with Crippen molar-refractivity contribution in [1.29, 1.82) is 0 Å². The van der Waals surface area contributed by atoms with Crippen LogP contribution in [0.2, 0.25) is 0 Å². The van der Waals surface area contributed by atoms with E-state index in [-0.39, 0.29) is 18.6 Å². The summed E-state index contributed by atoms with van der Waals surface area (Å²) in [5.74, 6) is -1.36. The van der Waals surface area contributed by atoms with Crippen molar-refractivity contribution in [2.24, 2.45) is 0 Å². The van der Waals surface area contributed by atoms with Crippen LogP contribution in [-0.2, 0) is 20.7 Å². The van der Waals surface area contributed by atoms with Crippen molar-refractivity contribution in [2.45, 2.75) is 26.3 Å². The lowest BCUT2D eigenvalue weighted by atomic mass is 10.1. The van der Waals surface area contributed by atoms with Gasteiger partial charge in [0.25, 0.3) is 5.56 Å². The molecule has 0 aliphatic heterocycles. The number of nitrogens with zero attached hydrogens (tertiary/aromatic N) is 1. The molecule has 0 aliphatic rings. The van der Waals surface area contributed by atoms with Gasteiger partial charge in [-0.15, -0.1) is 0 Å². The third-order valence-electron chi connectivity index (χ3n) is 4.52. The van der Waals surface area contributed by atoms with Gasteiger partial charge < -0.3 is 15.4 Å². The molecule has 3 rings (SSSR count). The number of ether oxygens (including phenoxy) is 1. The predicted octanol–water partition coefficient (Wildman–Crippen LogP) is 1.79. The minimum Gasteiger partial charge on any atom is -0.462 e. The second-order valence-electron chi connectivity index (χ2n) is 6.80. The highest BCUT2D eigenvalue weighted by molar-refractivity contribution is 5.99. The molecular formula is C22H22N4O5. The molecule has 31 heavy (non-hydrogen) atoms. The Morgan fingerprint density at radius 3 is 2.58 bits per heavy atom. The number of nitrogens with one attached hydrogen (secondary N) is 3. The largest absolute Gasteiger partial charge is 0.462 e. The molecule has 160 valence electrons. The normalized spacial score (nSPS) is 11.5. The van der Waals surface area contributed by atoms with E-state index in [2.05, 4.69) is 20.8 Å². The lowest BCUT2D eigenvalue weighted by molar-refractivity contribution is -0.125. The zero-order chi connectivity index (χ0) is 22.4. The third kappa shape index (κ3) is 5.33. The molecule has 9 heteroatoms. The maximum absolute atomic E-state index is 12.5. The Morgan fingerprint density at radius 1 is 1.10 bits per heavy atom. The maximum atomic E-state index is 12.5. The van der Waals surface area contributed by atoms with Crippen LogP contribution in [0, 0.1) is 0 Å². The Morgan fingerprint density at radius 2 is 1.84 bits per heavy atom. The van der Waals surface area contributed by atoms with Gasteiger partial charge in [0.1, 0.15) is 6.04 Å². The van der Waals surface area contributed by atoms with Crippen molar-refractivity contribution in [3.63, 3.8) is 0 Å². The zero-order valence-electron chi connectivity index (χ0n) is 17.1. The molecule has 1 aromatic heterocycles. The van der Waals surface area contributed by atoms with Gasteiger partial charge in [0.05, 0.1) is 29.7 Å². The number of hydrogen-bond donors (Lipinski definition) is 3. The number of aromatic amines is 1. The molecule has 2 aromatic carbocycles. The van der Waals surface area contributed by atoms with Crippen molar-refractivity contribution >= 4 is 34.2 Å². The summed E-state index contributed by atoms with van der Waals surface area (Å²) in [6.07, 6.45) is -0.104. The molecule has 9 nitrogen and oxygen atoms in total. The number of rotatable bonds is 7. The highest BCUT2D eigenvalue weighted by atomic mass is 16.5. The van der Waals surface area contributed by atoms with E-state index in [0.717, 1.165) is 0 Å². The number of carbonyl (C=O) groups excluding carboxylic acids is 3. The van der Waals surface area contributed by atoms with E-state index < -0.39 is 23.8 Å². The Hall–Kier alpha value is -4.01. The van der Waals surface area contributed by atoms with Gasteiger partial charge >= 0.3 is 5.97 Å². The fraction of sp³-hybridized carbons (Fsp3) is 0.227. The van der Waals surface area contributed by atoms with Crippen molar-refractivity contribution in [3.8, 4) is 0 Å². The summed E-state index contributed by atoms with van der Waals surface area (Å²) in [6.45, 7) is 3.50. The molecule has 1 heterocycles. The van der Waals surface area contributed by atoms with Crippen LogP contribution in [0.25, 0.3) is 10.8 Å². The van der Waals surface area contributed by atoms with Gasteiger partial charge in [-0.2, -0.15) is 5.10 Å². The summed E-state index contributed by atoms with van der Waals surface area (Å²) in [4.78, 5) is 48.6. The monoisotopic (exact) mass is 422 g/mol.